The van der Waals surface area contributed by atoms with Crippen molar-refractivity contribution in [3.05, 3.63) is 94.5 Å². The number of amides is 1. The number of carboxylic acid groups (broad SMARTS) is 1. The maximum Gasteiger partial charge on any atom is 0.408 e. The van der Waals surface area contributed by atoms with E-state index in [0.29, 0.717) is 10.8 Å². The van der Waals surface area contributed by atoms with Crippen LogP contribution < -0.4 is 0 Å². The van der Waals surface area contributed by atoms with E-state index in [1.165, 1.54) is 26.8 Å². The summed E-state index contributed by atoms with van der Waals surface area (Å²) >= 11 is 6.25. The minimum absolute atomic E-state index is 0.193. The summed E-state index contributed by atoms with van der Waals surface area (Å²) in [7, 11) is 0. The van der Waals surface area contributed by atoms with E-state index in [1.807, 2.05) is 18.2 Å². The first-order valence-corrected chi connectivity index (χ1v) is 11.8. The van der Waals surface area contributed by atoms with Crippen LogP contribution in [0.4, 0.5) is 4.79 Å². The number of aromatic nitrogens is 3. The average Bonchev–Trinajstić information content (AvgIpc) is 3.19. The van der Waals surface area contributed by atoms with Gasteiger partial charge in [-0.3, -0.25) is 9.47 Å². The number of rotatable bonds is 2. The monoisotopic (exact) mass is 470 g/mol. The molecular formula is C27H23ClN4O2. The molecule has 1 aromatic heterocycles. The quantitative estimate of drug-likeness (QED) is 0.367. The second-order valence-electron chi connectivity index (χ2n) is 8.95. The van der Waals surface area contributed by atoms with Gasteiger partial charge in [0, 0.05) is 10.9 Å². The van der Waals surface area contributed by atoms with Crippen molar-refractivity contribution in [3.63, 3.8) is 0 Å². The van der Waals surface area contributed by atoms with Gasteiger partial charge in [-0.05, 0) is 64.9 Å². The zero-order valence-corrected chi connectivity index (χ0v) is 19.2. The number of fused-ring (bicyclic) bond motifs is 4. The normalized spacial score (nSPS) is 17.6. The molecule has 1 unspecified atom stereocenters. The summed E-state index contributed by atoms with van der Waals surface area (Å²) in [4.78, 5) is 13.2. The Hall–Kier alpha value is -3.64. The molecule has 1 aliphatic carbocycles. The number of nitrogens with zero attached hydrogens (tertiary/aromatic N) is 4. The van der Waals surface area contributed by atoms with E-state index < -0.39 is 6.09 Å². The number of allylic oxidation sites excluding steroid dienone is 2. The zero-order valence-electron chi connectivity index (χ0n) is 18.5. The van der Waals surface area contributed by atoms with Gasteiger partial charge in [0.25, 0.3) is 0 Å². The molecule has 1 amide bonds. The molecule has 0 radical (unpaired) electrons. The molecule has 1 N–H and O–H groups in total. The molecular weight excluding hydrogens is 448 g/mol. The van der Waals surface area contributed by atoms with Gasteiger partial charge in [-0.1, -0.05) is 60.1 Å². The maximum absolute atomic E-state index is 11.8. The van der Waals surface area contributed by atoms with E-state index >= 15 is 0 Å². The van der Waals surface area contributed by atoms with E-state index in [1.54, 1.807) is 0 Å². The van der Waals surface area contributed by atoms with Crippen molar-refractivity contribution in [2.45, 2.75) is 38.3 Å². The van der Waals surface area contributed by atoms with Crippen LogP contribution in [0, 0.1) is 0 Å². The summed E-state index contributed by atoms with van der Waals surface area (Å²) in [6.45, 7) is 0.461. The third-order valence-corrected chi connectivity index (χ3v) is 7.15. The fourth-order valence-electron chi connectivity index (χ4n) is 5.24. The Balaban J connectivity index is 1.37. The Morgan fingerprint density at radius 3 is 2.71 bits per heavy atom. The highest BCUT2D eigenvalue weighted by atomic mass is 35.5. The second-order valence-corrected chi connectivity index (χ2v) is 9.39. The lowest BCUT2D eigenvalue weighted by Gasteiger charge is -2.23. The Labute approximate surface area is 202 Å². The van der Waals surface area contributed by atoms with Crippen LogP contribution in [-0.2, 0) is 13.1 Å². The standard InChI is InChI=1S/C27H23ClN4O2/c28-21-12-13-24-20(14-21)15-31(27(33)34)16-25-29-30-26(32(24)25)19-10-8-18(9-11-19)23-7-3-5-17-4-1-2-6-22(17)23/h1-8,12-14,19H,9-11,15-16H2,(H,33,34). The summed E-state index contributed by atoms with van der Waals surface area (Å²) in [5.74, 6) is 1.74. The lowest BCUT2D eigenvalue weighted by atomic mass is 9.84. The topological polar surface area (TPSA) is 71.2 Å². The molecule has 1 aliphatic heterocycles. The van der Waals surface area contributed by atoms with E-state index in [2.05, 4.69) is 63.3 Å². The van der Waals surface area contributed by atoms with Crippen molar-refractivity contribution in [1.82, 2.24) is 19.7 Å². The molecule has 0 fully saturated rings. The van der Waals surface area contributed by atoms with Crippen LogP contribution in [0.15, 0.2) is 66.7 Å². The maximum atomic E-state index is 11.8. The first-order valence-electron chi connectivity index (χ1n) is 11.5. The minimum atomic E-state index is -0.982. The Morgan fingerprint density at radius 1 is 1.03 bits per heavy atom. The summed E-state index contributed by atoms with van der Waals surface area (Å²) in [6, 6.07) is 20.6. The summed E-state index contributed by atoms with van der Waals surface area (Å²) in [5.41, 5.74) is 4.44. The van der Waals surface area contributed by atoms with Crippen LogP contribution in [0.2, 0.25) is 5.02 Å². The van der Waals surface area contributed by atoms with Gasteiger partial charge in [0.05, 0.1) is 18.8 Å². The van der Waals surface area contributed by atoms with Crippen molar-refractivity contribution >= 4 is 34.0 Å². The number of hydrogen-bond acceptors (Lipinski definition) is 3. The van der Waals surface area contributed by atoms with Crippen molar-refractivity contribution in [3.8, 4) is 5.69 Å². The van der Waals surface area contributed by atoms with Crippen molar-refractivity contribution in [2.24, 2.45) is 0 Å². The van der Waals surface area contributed by atoms with Crippen molar-refractivity contribution in [1.29, 1.82) is 0 Å². The molecule has 6 nitrogen and oxygen atoms in total. The highest BCUT2D eigenvalue weighted by Crippen LogP contribution is 2.39. The summed E-state index contributed by atoms with van der Waals surface area (Å²) in [5, 5.41) is 21.8. The molecule has 4 aromatic rings. The Kier molecular flexibility index (Phi) is 5.11. The molecule has 6 rings (SSSR count). The first kappa shape index (κ1) is 20.9. The molecule has 3 aromatic carbocycles. The van der Waals surface area contributed by atoms with Crippen LogP contribution in [-0.4, -0.2) is 30.9 Å². The average molecular weight is 471 g/mol. The summed E-state index contributed by atoms with van der Waals surface area (Å²) in [6.07, 6.45) is 4.13. The Bertz CT molecular complexity index is 1450. The number of carbonyl (C=O) groups is 1. The van der Waals surface area contributed by atoms with Gasteiger partial charge in [-0.15, -0.1) is 10.2 Å². The third kappa shape index (κ3) is 3.55. The van der Waals surface area contributed by atoms with Crippen LogP contribution in [0.5, 0.6) is 0 Å². The molecule has 0 bridgehead atoms. The van der Waals surface area contributed by atoms with E-state index in [4.69, 9.17) is 11.6 Å². The smallest absolute Gasteiger partial charge is 0.408 e. The van der Waals surface area contributed by atoms with Gasteiger partial charge in [-0.25, -0.2) is 4.79 Å². The fourth-order valence-corrected chi connectivity index (χ4v) is 5.44. The molecule has 7 heteroatoms. The SMILES string of the molecule is O=C(O)N1Cc2cc(Cl)ccc2-n2c(nnc2C2CC=C(c3cccc4ccccc34)CC2)C1. The van der Waals surface area contributed by atoms with Crippen molar-refractivity contribution < 1.29 is 9.90 Å². The number of hydrogen-bond donors (Lipinski definition) is 1. The predicted molar refractivity (Wildman–Crippen MR) is 132 cm³/mol. The molecule has 2 heterocycles. The molecule has 0 saturated heterocycles. The number of benzene rings is 3. The summed E-state index contributed by atoms with van der Waals surface area (Å²) < 4.78 is 2.05. The van der Waals surface area contributed by atoms with Crippen LogP contribution in [0.1, 0.15) is 48.0 Å². The van der Waals surface area contributed by atoms with Crippen LogP contribution in [0.25, 0.3) is 22.0 Å². The van der Waals surface area contributed by atoms with Crippen LogP contribution in [0.3, 0.4) is 0 Å². The highest BCUT2D eigenvalue weighted by Gasteiger charge is 2.30. The Morgan fingerprint density at radius 2 is 1.88 bits per heavy atom. The molecule has 0 saturated carbocycles. The zero-order chi connectivity index (χ0) is 23.2. The van der Waals surface area contributed by atoms with E-state index in [0.717, 1.165) is 36.3 Å². The lowest BCUT2D eigenvalue weighted by Crippen LogP contribution is -2.27. The predicted octanol–water partition coefficient (Wildman–Crippen LogP) is 6.42. The third-order valence-electron chi connectivity index (χ3n) is 6.91. The minimum Gasteiger partial charge on any atom is -0.465 e. The highest BCUT2D eigenvalue weighted by molar-refractivity contribution is 6.30. The largest absolute Gasteiger partial charge is 0.465 e. The van der Waals surface area contributed by atoms with Gasteiger partial charge in [0.1, 0.15) is 5.82 Å². The van der Waals surface area contributed by atoms with Crippen molar-refractivity contribution in [2.75, 3.05) is 0 Å². The fraction of sp³-hybridized carbons (Fsp3) is 0.222. The first-order chi connectivity index (χ1) is 16.6. The van der Waals surface area contributed by atoms with Gasteiger partial charge in [-0.2, -0.15) is 0 Å². The molecule has 0 spiro atoms. The lowest BCUT2D eigenvalue weighted by molar-refractivity contribution is 0.139. The van der Waals surface area contributed by atoms with Gasteiger partial charge in [0.15, 0.2) is 5.82 Å². The molecule has 34 heavy (non-hydrogen) atoms. The molecule has 170 valence electrons. The van der Waals surface area contributed by atoms with Gasteiger partial charge < -0.3 is 5.11 Å². The number of halogens is 1. The van der Waals surface area contributed by atoms with E-state index in [-0.39, 0.29) is 19.0 Å². The second kappa shape index (κ2) is 8.29. The van der Waals surface area contributed by atoms with Gasteiger partial charge >= 0.3 is 6.09 Å². The van der Waals surface area contributed by atoms with Crippen LogP contribution >= 0.6 is 11.6 Å². The van der Waals surface area contributed by atoms with Gasteiger partial charge in [0.2, 0.25) is 0 Å². The molecule has 2 aliphatic rings. The molecule has 1 atom stereocenters. The van der Waals surface area contributed by atoms with E-state index in [9.17, 15) is 9.90 Å².